The number of rotatable bonds is 3. The summed E-state index contributed by atoms with van der Waals surface area (Å²) in [5.41, 5.74) is 0.759. The van der Waals surface area contributed by atoms with Gasteiger partial charge in [0.15, 0.2) is 0 Å². The van der Waals surface area contributed by atoms with Crippen molar-refractivity contribution >= 4 is 21.6 Å². The molecule has 1 amide bonds. The highest BCUT2D eigenvalue weighted by Crippen LogP contribution is 2.26. The van der Waals surface area contributed by atoms with Gasteiger partial charge < -0.3 is 9.64 Å². The number of benzene rings is 1. The van der Waals surface area contributed by atoms with Crippen molar-refractivity contribution in [3.63, 3.8) is 0 Å². The summed E-state index contributed by atoms with van der Waals surface area (Å²) in [7, 11) is -3.54. The Morgan fingerprint density at radius 2 is 1.86 bits per heavy atom. The van der Waals surface area contributed by atoms with E-state index in [1.807, 2.05) is 0 Å². The Kier molecular flexibility index (Phi) is 4.20. The molecule has 7 heteroatoms. The van der Waals surface area contributed by atoms with E-state index >= 15 is 0 Å². The third-order valence-electron chi connectivity index (χ3n) is 4.15. The number of hydrogen-bond donors (Lipinski definition) is 0. The number of carbonyl (C=O) groups excluding carboxylic acids is 1. The third-order valence-corrected chi connectivity index (χ3v) is 6.12. The molecule has 1 unspecified atom stereocenters. The van der Waals surface area contributed by atoms with Gasteiger partial charge in [-0.25, -0.2) is 8.42 Å². The average Bonchev–Trinajstić information content (AvgIpc) is 2.95. The summed E-state index contributed by atoms with van der Waals surface area (Å²) in [4.78, 5) is 13.9. The van der Waals surface area contributed by atoms with Gasteiger partial charge in [0.2, 0.25) is 15.9 Å². The van der Waals surface area contributed by atoms with Crippen molar-refractivity contribution in [2.75, 3.05) is 24.6 Å². The molecule has 0 saturated carbocycles. The van der Waals surface area contributed by atoms with Crippen LogP contribution in [0.4, 0.5) is 5.69 Å². The summed E-state index contributed by atoms with van der Waals surface area (Å²) >= 11 is 0. The van der Waals surface area contributed by atoms with E-state index in [1.165, 1.54) is 4.31 Å². The molecule has 1 aromatic carbocycles. The van der Waals surface area contributed by atoms with Crippen LogP contribution in [-0.4, -0.2) is 44.6 Å². The fraction of sp³-hybridized carbons (Fsp3) is 0.533. The van der Waals surface area contributed by atoms with Crippen molar-refractivity contribution in [1.82, 2.24) is 4.31 Å². The average molecular weight is 324 g/mol. The highest BCUT2D eigenvalue weighted by molar-refractivity contribution is 7.89. The molecule has 0 bridgehead atoms. The molecule has 1 atom stereocenters. The third kappa shape index (κ3) is 2.76. The summed E-state index contributed by atoms with van der Waals surface area (Å²) < 4.78 is 31.8. The van der Waals surface area contributed by atoms with E-state index in [0.29, 0.717) is 26.1 Å². The van der Waals surface area contributed by atoms with Crippen LogP contribution < -0.4 is 4.90 Å². The van der Waals surface area contributed by atoms with Gasteiger partial charge in [-0.05, 0) is 44.0 Å². The molecule has 0 spiro atoms. The maximum Gasteiger partial charge on any atom is 0.245 e. The molecule has 2 aliphatic heterocycles. The highest BCUT2D eigenvalue weighted by atomic mass is 32.2. The van der Waals surface area contributed by atoms with E-state index in [4.69, 9.17) is 4.74 Å². The van der Waals surface area contributed by atoms with Gasteiger partial charge in [-0.2, -0.15) is 4.31 Å². The highest BCUT2D eigenvalue weighted by Gasteiger charge is 2.33. The summed E-state index contributed by atoms with van der Waals surface area (Å²) in [6.45, 7) is 3.21. The zero-order valence-electron chi connectivity index (χ0n) is 12.6. The lowest BCUT2D eigenvalue weighted by molar-refractivity contribution is -0.119. The molecule has 6 nitrogen and oxygen atoms in total. The van der Waals surface area contributed by atoms with E-state index in [2.05, 4.69) is 0 Å². The van der Waals surface area contributed by atoms with Gasteiger partial charge in [0.25, 0.3) is 0 Å². The van der Waals surface area contributed by atoms with Crippen LogP contribution >= 0.6 is 0 Å². The number of anilines is 1. The molecule has 2 fully saturated rings. The second-order valence-electron chi connectivity index (χ2n) is 5.58. The molecule has 2 heterocycles. The predicted molar refractivity (Wildman–Crippen MR) is 82.0 cm³/mol. The number of sulfonamides is 1. The monoisotopic (exact) mass is 324 g/mol. The Labute approximate surface area is 130 Å². The van der Waals surface area contributed by atoms with Crippen LogP contribution in [-0.2, 0) is 19.6 Å². The van der Waals surface area contributed by atoms with Crippen LogP contribution in [0.3, 0.4) is 0 Å². The van der Waals surface area contributed by atoms with Crippen molar-refractivity contribution in [1.29, 1.82) is 0 Å². The molecule has 1 aromatic rings. The number of ether oxygens (including phenoxy) is 1. The Balaban J connectivity index is 1.83. The van der Waals surface area contributed by atoms with Gasteiger partial charge in [-0.15, -0.1) is 0 Å². The zero-order valence-corrected chi connectivity index (χ0v) is 13.4. The van der Waals surface area contributed by atoms with Crippen LogP contribution in [0.25, 0.3) is 0 Å². The first kappa shape index (κ1) is 15.5. The Morgan fingerprint density at radius 3 is 2.45 bits per heavy atom. The zero-order chi connectivity index (χ0) is 15.7. The van der Waals surface area contributed by atoms with Gasteiger partial charge in [-0.1, -0.05) is 0 Å². The fourth-order valence-corrected chi connectivity index (χ4v) is 4.42. The van der Waals surface area contributed by atoms with Gasteiger partial charge in [0.1, 0.15) is 6.23 Å². The fourth-order valence-electron chi connectivity index (χ4n) is 2.91. The van der Waals surface area contributed by atoms with E-state index in [9.17, 15) is 13.2 Å². The largest absolute Gasteiger partial charge is 0.361 e. The standard InChI is InChI=1S/C15H20N2O4S/c1-12-17(10-11-21-12)22(19,20)14-7-5-13(6-8-14)16-9-3-2-4-15(16)18/h5-8,12H,2-4,9-11H2,1H3. The molecule has 0 radical (unpaired) electrons. The topological polar surface area (TPSA) is 66.9 Å². The van der Waals surface area contributed by atoms with Crippen LogP contribution in [0.15, 0.2) is 29.2 Å². The van der Waals surface area contributed by atoms with Crippen LogP contribution in [0.2, 0.25) is 0 Å². The first-order chi connectivity index (χ1) is 10.5. The maximum atomic E-state index is 12.6. The van der Waals surface area contributed by atoms with E-state index in [0.717, 1.165) is 18.5 Å². The summed E-state index contributed by atoms with van der Waals surface area (Å²) in [5, 5.41) is 0. The SMILES string of the molecule is CC1OCCN1S(=O)(=O)c1ccc(N2CCCCC2=O)cc1. The quantitative estimate of drug-likeness (QED) is 0.846. The smallest absolute Gasteiger partial charge is 0.245 e. The van der Waals surface area contributed by atoms with Crippen LogP contribution in [0, 0.1) is 0 Å². The van der Waals surface area contributed by atoms with Crippen LogP contribution in [0.5, 0.6) is 0 Å². The molecule has 2 saturated heterocycles. The van der Waals surface area contributed by atoms with Gasteiger partial charge in [-0.3, -0.25) is 4.79 Å². The molecule has 0 aromatic heterocycles. The molecule has 3 rings (SSSR count). The van der Waals surface area contributed by atoms with Gasteiger partial charge >= 0.3 is 0 Å². The van der Waals surface area contributed by atoms with Crippen molar-refractivity contribution in [3.05, 3.63) is 24.3 Å². The second-order valence-corrected chi connectivity index (χ2v) is 7.47. The Hall–Kier alpha value is -1.44. The number of carbonyl (C=O) groups is 1. The lowest BCUT2D eigenvalue weighted by atomic mass is 10.1. The molecular formula is C15H20N2O4S. The van der Waals surface area contributed by atoms with Crippen molar-refractivity contribution < 1.29 is 17.9 Å². The minimum Gasteiger partial charge on any atom is -0.361 e. The molecule has 0 aliphatic carbocycles. The second kappa shape index (κ2) is 5.98. The number of piperidine rings is 1. The van der Waals surface area contributed by atoms with Gasteiger partial charge in [0.05, 0.1) is 11.5 Å². The minimum absolute atomic E-state index is 0.100. The van der Waals surface area contributed by atoms with E-state index in [-0.39, 0.29) is 10.8 Å². The minimum atomic E-state index is -3.54. The van der Waals surface area contributed by atoms with Crippen molar-refractivity contribution in [2.24, 2.45) is 0 Å². The number of nitrogens with zero attached hydrogens (tertiary/aromatic N) is 2. The first-order valence-electron chi connectivity index (χ1n) is 7.54. The summed E-state index contributed by atoms with van der Waals surface area (Å²) in [5.74, 6) is 0.100. The number of amides is 1. The van der Waals surface area contributed by atoms with E-state index in [1.54, 1.807) is 36.1 Å². The molecule has 22 heavy (non-hydrogen) atoms. The first-order valence-corrected chi connectivity index (χ1v) is 8.98. The van der Waals surface area contributed by atoms with Crippen molar-refractivity contribution in [3.8, 4) is 0 Å². The molecule has 120 valence electrons. The van der Waals surface area contributed by atoms with Crippen LogP contribution in [0.1, 0.15) is 26.2 Å². The predicted octanol–water partition coefficient (Wildman–Crippen LogP) is 1.57. The normalized spacial score (nSPS) is 24.0. The van der Waals surface area contributed by atoms with Gasteiger partial charge in [0, 0.05) is 25.2 Å². The Bertz CT molecular complexity index is 657. The Morgan fingerprint density at radius 1 is 1.14 bits per heavy atom. The number of hydrogen-bond acceptors (Lipinski definition) is 4. The lowest BCUT2D eigenvalue weighted by Gasteiger charge is -2.27. The van der Waals surface area contributed by atoms with Crippen molar-refractivity contribution in [2.45, 2.75) is 37.3 Å². The lowest BCUT2D eigenvalue weighted by Crippen LogP contribution is -2.35. The summed E-state index contributed by atoms with van der Waals surface area (Å²) in [6.07, 6.45) is 2.03. The van der Waals surface area contributed by atoms with E-state index < -0.39 is 16.3 Å². The molecule has 2 aliphatic rings. The summed E-state index contributed by atoms with van der Waals surface area (Å²) in [6, 6.07) is 6.55. The maximum absolute atomic E-state index is 12.6. The molecule has 0 N–H and O–H groups in total. The molecular weight excluding hydrogens is 304 g/mol.